The molecular formula is C15H21N3O2. The second-order valence-corrected chi connectivity index (χ2v) is 5.32. The molecule has 1 atom stereocenters. The quantitative estimate of drug-likeness (QED) is 0.897. The van der Waals surface area contributed by atoms with E-state index in [1.54, 1.807) is 14.2 Å². The van der Waals surface area contributed by atoms with Gasteiger partial charge in [-0.05, 0) is 31.8 Å². The Kier molecular flexibility index (Phi) is 3.78. The molecule has 0 bridgehead atoms. The molecule has 2 heterocycles. The third-order valence-electron chi connectivity index (χ3n) is 3.92. The fraction of sp³-hybridized carbons (Fsp3) is 0.533. The van der Waals surface area contributed by atoms with Crippen LogP contribution in [0.3, 0.4) is 0 Å². The lowest BCUT2D eigenvalue weighted by atomic mass is 9.96. The number of piperidine rings is 1. The molecule has 5 nitrogen and oxygen atoms in total. The number of fused-ring (bicyclic) bond motifs is 1. The van der Waals surface area contributed by atoms with Gasteiger partial charge in [0.25, 0.3) is 0 Å². The highest BCUT2D eigenvalue weighted by Gasteiger charge is 2.16. The van der Waals surface area contributed by atoms with Gasteiger partial charge in [0.1, 0.15) is 5.82 Å². The van der Waals surface area contributed by atoms with Gasteiger partial charge in [-0.2, -0.15) is 0 Å². The number of aromatic amines is 1. The van der Waals surface area contributed by atoms with Crippen molar-refractivity contribution in [2.75, 3.05) is 27.3 Å². The van der Waals surface area contributed by atoms with Gasteiger partial charge in [0.2, 0.25) is 0 Å². The molecule has 0 saturated carbocycles. The SMILES string of the molecule is COc1cc2nc(CC3CCCNC3)[nH]c2cc1OC. The zero-order valence-corrected chi connectivity index (χ0v) is 12.0. The minimum atomic E-state index is 0.674. The number of nitrogens with one attached hydrogen (secondary N) is 2. The van der Waals surface area contributed by atoms with Gasteiger partial charge in [-0.1, -0.05) is 0 Å². The monoisotopic (exact) mass is 275 g/mol. The Bertz CT molecular complexity index is 547. The van der Waals surface area contributed by atoms with Crippen molar-refractivity contribution < 1.29 is 9.47 Å². The standard InChI is InChI=1S/C15H21N3O2/c1-19-13-7-11-12(8-14(13)20-2)18-15(17-11)6-10-4-3-5-16-9-10/h7-8,10,16H,3-6,9H2,1-2H3,(H,17,18). The van der Waals surface area contributed by atoms with Gasteiger partial charge >= 0.3 is 0 Å². The summed E-state index contributed by atoms with van der Waals surface area (Å²) in [5.74, 6) is 3.17. The van der Waals surface area contributed by atoms with E-state index in [0.29, 0.717) is 5.92 Å². The van der Waals surface area contributed by atoms with E-state index >= 15 is 0 Å². The minimum Gasteiger partial charge on any atom is -0.493 e. The zero-order valence-electron chi connectivity index (χ0n) is 12.0. The predicted octanol–water partition coefficient (Wildman–Crippen LogP) is 2.12. The van der Waals surface area contributed by atoms with E-state index in [0.717, 1.165) is 47.9 Å². The number of aromatic nitrogens is 2. The van der Waals surface area contributed by atoms with Crippen LogP contribution in [0.25, 0.3) is 11.0 Å². The second kappa shape index (κ2) is 5.71. The van der Waals surface area contributed by atoms with Crippen LogP contribution in [0, 0.1) is 5.92 Å². The average Bonchev–Trinajstić information content (AvgIpc) is 2.87. The maximum atomic E-state index is 5.32. The molecular weight excluding hydrogens is 254 g/mol. The lowest BCUT2D eigenvalue weighted by Gasteiger charge is -2.21. The number of benzene rings is 1. The Labute approximate surface area is 118 Å². The van der Waals surface area contributed by atoms with Gasteiger partial charge in [0, 0.05) is 18.6 Å². The second-order valence-electron chi connectivity index (χ2n) is 5.32. The van der Waals surface area contributed by atoms with Gasteiger partial charge in [0.05, 0.1) is 25.3 Å². The highest BCUT2D eigenvalue weighted by molar-refractivity contribution is 5.79. The number of methoxy groups -OCH3 is 2. The number of ether oxygens (including phenoxy) is 2. The summed E-state index contributed by atoms with van der Waals surface area (Å²) < 4.78 is 10.6. The third kappa shape index (κ3) is 2.58. The molecule has 0 spiro atoms. The van der Waals surface area contributed by atoms with Crippen LogP contribution in [0.1, 0.15) is 18.7 Å². The topological polar surface area (TPSA) is 59.2 Å². The molecule has 0 radical (unpaired) electrons. The lowest BCUT2D eigenvalue weighted by molar-refractivity contribution is 0.356. The zero-order chi connectivity index (χ0) is 13.9. The van der Waals surface area contributed by atoms with E-state index < -0.39 is 0 Å². The predicted molar refractivity (Wildman–Crippen MR) is 78.5 cm³/mol. The summed E-state index contributed by atoms with van der Waals surface area (Å²) in [4.78, 5) is 8.07. The summed E-state index contributed by atoms with van der Waals surface area (Å²) in [5, 5.41) is 3.44. The van der Waals surface area contributed by atoms with E-state index in [9.17, 15) is 0 Å². The highest BCUT2D eigenvalue weighted by Crippen LogP contribution is 2.31. The molecule has 1 fully saturated rings. The summed E-state index contributed by atoms with van der Waals surface area (Å²) in [7, 11) is 3.29. The number of hydrogen-bond acceptors (Lipinski definition) is 4. The highest BCUT2D eigenvalue weighted by atomic mass is 16.5. The Morgan fingerprint density at radius 3 is 2.75 bits per heavy atom. The molecule has 108 valence electrons. The minimum absolute atomic E-state index is 0.674. The first-order valence-corrected chi connectivity index (χ1v) is 7.11. The van der Waals surface area contributed by atoms with Crippen molar-refractivity contribution in [3.05, 3.63) is 18.0 Å². The summed E-state index contributed by atoms with van der Waals surface area (Å²) >= 11 is 0. The van der Waals surface area contributed by atoms with Crippen LogP contribution in [0.5, 0.6) is 11.5 Å². The fourth-order valence-electron chi connectivity index (χ4n) is 2.86. The molecule has 5 heteroatoms. The molecule has 0 amide bonds. The number of nitrogens with zero attached hydrogens (tertiary/aromatic N) is 1. The van der Waals surface area contributed by atoms with Gasteiger partial charge in [-0.3, -0.25) is 0 Å². The Morgan fingerprint density at radius 1 is 1.25 bits per heavy atom. The maximum Gasteiger partial charge on any atom is 0.163 e. The maximum absolute atomic E-state index is 5.32. The summed E-state index contributed by atoms with van der Waals surface area (Å²) in [6.07, 6.45) is 3.52. The Balaban J connectivity index is 1.85. The van der Waals surface area contributed by atoms with Crippen LogP contribution in [0.15, 0.2) is 12.1 Å². The first-order valence-electron chi connectivity index (χ1n) is 7.11. The van der Waals surface area contributed by atoms with Crippen molar-refractivity contribution in [3.8, 4) is 11.5 Å². The van der Waals surface area contributed by atoms with Gasteiger partial charge in [-0.15, -0.1) is 0 Å². The van der Waals surface area contributed by atoms with Crippen molar-refractivity contribution in [1.82, 2.24) is 15.3 Å². The van der Waals surface area contributed by atoms with E-state index in [2.05, 4.69) is 15.3 Å². The van der Waals surface area contributed by atoms with Crippen molar-refractivity contribution in [2.24, 2.45) is 5.92 Å². The van der Waals surface area contributed by atoms with Crippen molar-refractivity contribution in [1.29, 1.82) is 0 Å². The van der Waals surface area contributed by atoms with Crippen molar-refractivity contribution >= 4 is 11.0 Å². The molecule has 20 heavy (non-hydrogen) atoms. The van der Waals surface area contributed by atoms with Crippen LogP contribution in [0.2, 0.25) is 0 Å². The smallest absolute Gasteiger partial charge is 0.163 e. The molecule has 2 aromatic rings. The van der Waals surface area contributed by atoms with Gasteiger partial charge in [-0.25, -0.2) is 4.98 Å². The average molecular weight is 275 g/mol. The largest absolute Gasteiger partial charge is 0.493 e. The van der Waals surface area contributed by atoms with Gasteiger partial charge in [0.15, 0.2) is 11.5 Å². The van der Waals surface area contributed by atoms with E-state index in [-0.39, 0.29) is 0 Å². The molecule has 2 N–H and O–H groups in total. The van der Waals surface area contributed by atoms with Crippen molar-refractivity contribution in [2.45, 2.75) is 19.3 Å². The molecule has 1 aliphatic rings. The van der Waals surface area contributed by atoms with Gasteiger partial charge < -0.3 is 19.8 Å². The first kappa shape index (κ1) is 13.2. The fourth-order valence-corrected chi connectivity index (χ4v) is 2.86. The summed E-state index contributed by atoms with van der Waals surface area (Å²) in [6, 6.07) is 3.87. The Hall–Kier alpha value is -1.75. The van der Waals surface area contributed by atoms with Crippen LogP contribution < -0.4 is 14.8 Å². The molecule has 3 rings (SSSR count). The summed E-state index contributed by atoms with van der Waals surface area (Å²) in [6.45, 7) is 2.23. The molecule has 1 unspecified atom stereocenters. The molecule has 0 aliphatic carbocycles. The summed E-state index contributed by atoms with van der Waals surface area (Å²) in [5.41, 5.74) is 1.93. The number of H-pyrrole nitrogens is 1. The number of hydrogen-bond donors (Lipinski definition) is 2. The normalized spacial score (nSPS) is 19.2. The van der Waals surface area contributed by atoms with Crippen LogP contribution >= 0.6 is 0 Å². The van der Waals surface area contributed by atoms with E-state index in [1.165, 1.54) is 12.8 Å². The molecule has 1 saturated heterocycles. The van der Waals surface area contributed by atoms with Crippen molar-refractivity contribution in [3.63, 3.8) is 0 Å². The number of rotatable bonds is 4. The van der Waals surface area contributed by atoms with Crippen LogP contribution in [-0.2, 0) is 6.42 Å². The third-order valence-corrected chi connectivity index (χ3v) is 3.92. The lowest BCUT2D eigenvalue weighted by Crippen LogP contribution is -2.31. The molecule has 1 aromatic heterocycles. The van der Waals surface area contributed by atoms with Crippen LogP contribution in [-0.4, -0.2) is 37.3 Å². The Morgan fingerprint density at radius 2 is 2.05 bits per heavy atom. The molecule has 1 aromatic carbocycles. The van der Waals surface area contributed by atoms with E-state index in [4.69, 9.17) is 9.47 Å². The number of imidazole rings is 1. The molecule has 1 aliphatic heterocycles. The van der Waals surface area contributed by atoms with E-state index in [1.807, 2.05) is 12.1 Å². The van der Waals surface area contributed by atoms with Crippen LogP contribution in [0.4, 0.5) is 0 Å². The first-order chi connectivity index (χ1) is 9.80.